The molecule has 0 radical (unpaired) electrons. The maximum atomic E-state index is 14.0. The molecule has 0 bridgehead atoms. The summed E-state index contributed by atoms with van der Waals surface area (Å²) in [6.07, 6.45) is -3.71. The minimum atomic E-state index is -4.75. The lowest BCUT2D eigenvalue weighted by atomic mass is 9.84. The van der Waals surface area contributed by atoms with Crippen molar-refractivity contribution >= 4 is 11.8 Å². The van der Waals surface area contributed by atoms with Crippen molar-refractivity contribution in [3.05, 3.63) is 107 Å². The number of nitrogens with one attached hydrogen (secondary N) is 1. The largest absolute Gasteiger partial charge is 0.497 e. The molecule has 3 aromatic carbocycles. The van der Waals surface area contributed by atoms with Gasteiger partial charge < -0.3 is 24.6 Å². The Hall–Kier alpha value is -4.38. The third-order valence-electron chi connectivity index (χ3n) is 6.62. The third-order valence-corrected chi connectivity index (χ3v) is 6.62. The van der Waals surface area contributed by atoms with Gasteiger partial charge in [0.05, 0.1) is 19.3 Å². The second-order valence-corrected chi connectivity index (χ2v) is 9.59. The number of ether oxygens (including phenoxy) is 3. The fourth-order valence-corrected chi connectivity index (χ4v) is 4.59. The molecule has 0 saturated carbocycles. The molecule has 1 aliphatic heterocycles. The van der Waals surface area contributed by atoms with E-state index in [2.05, 4.69) is 11.9 Å². The van der Waals surface area contributed by atoms with Gasteiger partial charge in [-0.3, -0.25) is 4.79 Å². The lowest BCUT2D eigenvalue weighted by molar-refractivity contribution is -0.137. The summed E-state index contributed by atoms with van der Waals surface area (Å²) < 4.78 is 70.9. The molecule has 4 rings (SSSR count). The lowest BCUT2D eigenvalue weighted by Crippen LogP contribution is -2.47. The van der Waals surface area contributed by atoms with Crippen LogP contribution >= 0.6 is 0 Å². The molecule has 2 atom stereocenters. The molecule has 1 amide bonds. The summed E-state index contributed by atoms with van der Waals surface area (Å²) >= 11 is 0. The van der Waals surface area contributed by atoms with Crippen molar-refractivity contribution in [3.8, 4) is 11.5 Å². The summed E-state index contributed by atoms with van der Waals surface area (Å²) in [5, 5.41) is 11.6. The number of hydrogen-bond acceptors (Lipinski definition) is 6. The molecule has 1 aliphatic rings. The molecule has 0 spiro atoms. The van der Waals surface area contributed by atoms with Gasteiger partial charge in [-0.2, -0.15) is 13.2 Å². The molecule has 0 fully saturated rings. The first-order valence-electron chi connectivity index (χ1n) is 13.1. The van der Waals surface area contributed by atoms with Gasteiger partial charge in [-0.25, -0.2) is 9.38 Å². The Morgan fingerprint density at radius 3 is 2.57 bits per heavy atom. The number of carbonyl (C=O) groups excluding carboxylic acids is 1. The van der Waals surface area contributed by atoms with Gasteiger partial charge in [-0.1, -0.05) is 18.2 Å². The van der Waals surface area contributed by atoms with Crippen molar-refractivity contribution in [2.24, 2.45) is 4.99 Å². The van der Waals surface area contributed by atoms with Crippen LogP contribution in [0.4, 0.5) is 17.6 Å². The van der Waals surface area contributed by atoms with Gasteiger partial charge in [-0.05, 0) is 65.7 Å². The average molecular weight is 587 g/mol. The summed E-state index contributed by atoms with van der Waals surface area (Å²) in [7, 11) is 1.50. The van der Waals surface area contributed by atoms with Crippen molar-refractivity contribution in [2.75, 3.05) is 20.3 Å². The molecule has 222 valence electrons. The van der Waals surface area contributed by atoms with Crippen LogP contribution in [0.25, 0.3) is 0 Å². The predicted octanol–water partition coefficient (Wildman–Crippen LogP) is 5.76. The van der Waals surface area contributed by atoms with E-state index >= 15 is 0 Å². The maximum Gasteiger partial charge on any atom is 0.416 e. The van der Waals surface area contributed by atoms with Crippen LogP contribution in [0.2, 0.25) is 0 Å². The summed E-state index contributed by atoms with van der Waals surface area (Å²) in [5.74, 6) is -0.476. The fourth-order valence-electron chi connectivity index (χ4n) is 4.59. The zero-order valence-corrected chi connectivity index (χ0v) is 22.8. The summed E-state index contributed by atoms with van der Waals surface area (Å²) in [4.78, 5) is 18.6. The second-order valence-electron chi connectivity index (χ2n) is 9.59. The smallest absolute Gasteiger partial charge is 0.416 e. The highest BCUT2D eigenvalue weighted by atomic mass is 19.4. The molecule has 0 unspecified atom stereocenters. The van der Waals surface area contributed by atoms with Gasteiger partial charge in [0.1, 0.15) is 17.3 Å². The number of alkyl halides is 3. The molecule has 0 aliphatic carbocycles. The summed E-state index contributed by atoms with van der Waals surface area (Å²) in [6, 6.07) is 15.9. The minimum Gasteiger partial charge on any atom is -0.497 e. The molecule has 11 heteroatoms. The molecule has 0 aromatic heterocycles. The number of benzene rings is 3. The molecular formula is C31H30F4N2O5. The van der Waals surface area contributed by atoms with E-state index in [0.717, 1.165) is 12.1 Å². The quantitative estimate of drug-likeness (QED) is 0.160. The topological polar surface area (TPSA) is 89.4 Å². The van der Waals surface area contributed by atoms with Gasteiger partial charge >= 0.3 is 6.18 Å². The van der Waals surface area contributed by atoms with Crippen LogP contribution in [0.15, 0.2) is 84.4 Å². The van der Waals surface area contributed by atoms with Crippen LogP contribution < -0.4 is 14.8 Å². The number of hydrogen-bond donors (Lipinski definition) is 2. The molecule has 0 saturated heterocycles. The minimum absolute atomic E-state index is 0.00451. The van der Waals surface area contributed by atoms with Crippen LogP contribution in [0.5, 0.6) is 11.5 Å². The molecule has 7 nitrogen and oxygen atoms in total. The number of amides is 1. The first kappa shape index (κ1) is 30.6. The Bertz CT molecular complexity index is 1440. The number of rotatable bonds is 12. The molecule has 1 heterocycles. The fraction of sp³-hybridized carbons (Fsp3) is 0.290. The van der Waals surface area contributed by atoms with Crippen LogP contribution in [0, 0.1) is 5.82 Å². The van der Waals surface area contributed by atoms with Crippen LogP contribution in [-0.2, 0) is 22.3 Å². The summed E-state index contributed by atoms with van der Waals surface area (Å²) in [5.41, 5.74) is -1.70. The number of aliphatic hydroxyl groups is 1. The number of halogens is 4. The highest BCUT2D eigenvalue weighted by Crippen LogP contribution is 2.43. The van der Waals surface area contributed by atoms with Crippen molar-refractivity contribution in [1.82, 2.24) is 5.32 Å². The third kappa shape index (κ3) is 6.91. The Morgan fingerprint density at radius 1 is 1.14 bits per heavy atom. The van der Waals surface area contributed by atoms with E-state index in [9.17, 15) is 22.4 Å². The monoisotopic (exact) mass is 586 g/mol. The number of methoxy groups -OCH3 is 1. The van der Waals surface area contributed by atoms with E-state index in [1.807, 2.05) is 0 Å². The first-order valence-corrected chi connectivity index (χ1v) is 13.1. The Balaban J connectivity index is 1.69. The van der Waals surface area contributed by atoms with Gasteiger partial charge in [0.2, 0.25) is 5.90 Å². The zero-order chi connectivity index (χ0) is 30.3. The van der Waals surface area contributed by atoms with Crippen LogP contribution in [0.3, 0.4) is 0 Å². The van der Waals surface area contributed by atoms with Crippen LogP contribution in [0.1, 0.15) is 41.2 Å². The van der Waals surface area contributed by atoms with Crippen molar-refractivity contribution in [3.63, 3.8) is 0 Å². The van der Waals surface area contributed by atoms with Crippen molar-refractivity contribution < 1.29 is 41.7 Å². The van der Waals surface area contributed by atoms with Gasteiger partial charge in [-0.15, -0.1) is 6.58 Å². The van der Waals surface area contributed by atoms with E-state index in [0.29, 0.717) is 41.7 Å². The maximum absolute atomic E-state index is 14.0. The highest BCUT2D eigenvalue weighted by Gasteiger charge is 2.52. The van der Waals surface area contributed by atoms with Gasteiger partial charge in [0.25, 0.3) is 5.91 Å². The second kappa shape index (κ2) is 13.1. The average Bonchev–Trinajstić information content (AvgIpc) is 3.36. The van der Waals surface area contributed by atoms with Crippen molar-refractivity contribution in [2.45, 2.75) is 37.2 Å². The normalized spacial score (nSPS) is 18.1. The predicted molar refractivity (Wildman–Crippen MR) is 148 cm³/mol. The Labute approximate surface area is 240 Å². The van der Waals surface area contributed by atoms with E-state index < -0.39 is 35.1 Å². The van der Waals surface area contributed by atoms with Gasteiger partial charge in [0, 0.05) is 31.6 Å². The lowest BCUT2D eigenvalue weighted by Gasteiger charge is -2.30. The summed E-state index contributed by atoms with van der Waals surface area (Å²) in [6.45, 7) is 3.75. The van der Waals surface area contributed by atoms with E-state index in [1.165, 1.54) is 13.2 Å². The molecule has 2 N–H and O–H groups in total. The Morgan fingerprint density at radius 2 is 1.90 bits per heavy atom. The molecule has 42 heavy (non-hydrogen) atoms. The molecule has 3 aromatic rings. The number of carbonyl (C=O) groups is 1. The standard InChI is InChI=1S/C31H30F4N2O5/c1-3-12-30(29(39)36-19-20-15-23(31(33,34)35)18-24(32)16-20)27(22-6-4-7-26(17-22)40-2)42-28(37-30)21-8-10-25(11-9-21)41-14-5-13-38/h3-4,6-11,15-18,27,38H,1,5,12-14,19H2,2H3,(H,36,39)/t27-,30-/m1/s1. The van der Waals surface area contributed by atoms with E-state index in [4.69, 9.17) is 24.3 Å². The van der Waals surface area contributed by atoms with Crippen LogP contribution in [-0.4, -0.2) is 42.8 Å². The number of nitrogens with zero attached hydrogens (tertiary/aromatic N) is 1. The number of aliphatic hydroxyl groups excluding tert-OH is 1. The van der Waals surface area contributed by atoms with E-state index in [1.54, 1.807) is 48.5 Å². The number of aliphatic imine (C=N–C) groups is 1. The molecular weight excluding hydrogens is 556 g/mol. The van der Waals surface area contributed by atoms with Crippen molar-refractivity contribution in [1.29, 1.82) is 0 Å². The first-order chi connectivity index (χ1) is 20.1. The zero-order valence-electron chi connectivity index (χ0n) is 22.8. The highest BCUT2D eigenvalue weighted by molar-refractivity contribution is 6.01. The SMILES string of the molecule is C=CC[C@@]1(C(=O)NCc2cc(F)cc(C(F)(F)F)c2)N=C(c2ccc(OCCCO)cc2)O[C@@H]1c1cccc(OC)c1. The van der Waals surface area contributed by atoms with Gasteiger partial charge in [0.15, 0.2) is 11.6 Å². The Kier molecular flexibility index (Phi) is 9.52. The van der Waals surface area contributed by atoms with E-state index in [-0.39, 0.29) is 31.0 Å².